The molecule has 0 saturated heterocycles. The Labute approximate surface area is 128 Å². The predicted octanol–water partition coefficient (Wildman–Crippen LogP) is 2.23. The SMILES string of the molecule is CC(NCCN(C)C)c1ccc2cc(C(=O)NO)sc2c1. The molecule has 0 radical (unpaired) electrons. The quantitative estimate of drug-likeness (QED) is 0.566. The first-order valence-corrected chi connectivity index (χ1v) is 7.69. The lowest BCUT2D eigenvalue weighted by atomic mass is 10.1. The van der Waals surface area contributed by atoms with E-state index in [2.05, 4.69) is 43.4 Å². The zero-order valence-electron chi connectivity index (χ0n) is 12.5. The first-order chi connectivity index (χ1) is 10.0. The molecule has 21 heavy (non-hydrogen) atoms. The van der Waals surface area contributed by atoms with Gasteiger partial charge < -0.3 is 10.2 Å². The fraction of sp³-hybridized carbons (Fsp3) is 0.400. The highest BCUT2D eigenvalue weighted by Gasteiger charge is 2.11. The maximum atomic E-state index is 11.4. The van der Waals surface area contributed by atoms with Crippen molar-refractivity contribution >= 4 is 27.3 Å². The van der Waals surface area contributed by atoms with Gasteiger partial charge in [-0.3, -0.25) is 10.0 Å². The third-order valence-electron chi connectivity index (χ3n) is 3.38. The third kappa shape index (κ3) is 4.01. The molecule has 0 fully saturated rings. The Kier molecular flexibility index (Phi) is 5.30. The van der Waals surface area contributed by atoms with Crippen molar-refractivity contribution in [2.75, 3.05) is 27.2 Å². The molecule has 0 aliphatic heterocycles. The van der Waals surface area contributed by atoms with Gasteiger partial charge in [0.15, 0.2) is 0 Å². The molecule has 1 aromatic heterocycles. The van der Waals surface area contributed by atoms with Crippen molar-refractivity contribution in [1.82, 2.24) is 15.7 Å². The summed E-state index contributed by atoms with van der Waals surface area (Å²) in [6.07, 6.45) is 0. The lowest BCUT2D eigenvalue weighted by Gasteiger charge is -2.16. The van der Waals surface area contributed by atoms with E-state index in [1.54, 1.807) is 11.5 Å². The van der Waals surface area contributed by atoms with E-state index in [0.717, 1.165) is 23.2 Å². The second-order valence-corrected chi connectivity index (χ2v) is 6.41. The summed E-state index contributed by atoms with van der Waals surface area (Å²) in [5.74, 6) is -0.463. The summed E-state index contributed by atoms with van der Waals surface area (Å²) >= 11 is 1.38. The topological polar surface area (TPSA) is 64.6 Å². The van der Waals surface area contributed by atoms with Crippen LogP contribution in [0.5, 0.6) is 0 Å². The van der Waals surface area contributed by atoms with Crippen LogP contribution in [0.1, 0.15) is 28.2 Å². The Morgan fingerprint density at radius 2 is 2.14 bits per heavy atom. The number of carbonyl (C=O) groups is 1. The van der Waals surface area contributed by atoms with Crippen LogP contribution in [-0.4, -0.2) is 43.2 Å². The van der Waals surface area contributed by atoms with E-state index < -0.39 is 5.91 Å². The Bertz CT molecular complexity index is 624. The molecule has 3 N–H and O–H groups in total. The van der Waals surface area contributed by atoms with Crippen LogP contribution in [0.3, 0.4) is 0 Å². The molecule has 1 atom stereocenters. The molecule has 0 aliphatic rings. The Hall–Kier alpha value is -1.47. The van der Waals surface area contributed by atoms with Gasteiger partial charge in [-0.25, -0.2) is 5.48 Å². The highest BCUT2D eigenvalue weighted by Crippen LogP contribution is 2.28. The molecule has 1 aromatic carbocycles. The average molecular weight is 307 g/mol. The van der Waals surface area contributed by atoms with Crippen LogP contribution in [-0.2, 0) is 0 Å². The number of benzene rings is 1. The lowest BCUT2D eigenvalue weighted by Crippen LogP contribution is -2.28. The molecule has 2 rings (SSSR count). The minimum Gasteiger partial charge on any atom is -0.309 e. The van der Waals surface area contributed by atoms with E-state index in [4.69, 9.17) is 5.21 Å². The van der Waals surface area contributed by atoms with Crippen molar-refractivity contribution in [3.8, 4) is 0 Å². The van der Waals surface area contributed by atoms with Gasteiger partial charge in [-0.2, -0.15) is 0 Å². The van der Waals surface area contributed by atoms with Gasteiger partial charge in [-0.05, 0) is 44.1 Å². The smallest absolute Gasteiger partial charge is 0.284 e. The largest absolute Gasteiger partial charge is 0.309 e. The maximum absolute atomic E-state index is 11.4. The van der Waals surface area contributed by atoms with Crippen LogP contribution in [0.2, 0.25) is 0 Å². The molecule has 114 valence electrons. The first kappa shape index (κ1) is 15.9. The summed E-state index contributed by atoms with van der Waals surface area (Å²) in [5.41, 5.74) is 2.87. The highest BCUT2D eigenvalue weighted by atomic mass is 32.1. The Balaban J connectivity index is 2.12. The van der Waals surface area contributed by atoms with Crippen LogP contribution in [0.4, 0.5) is 0 Å². The number of likely N-dealkylation sites (N-methyl/N-ethyl adjacent to an activating group) is 1. The number of carbonyl (C=O) groups excluding carboxylic acids is 1. The highest BCUT2D eigenvalue weighted by molar-refractivity contribution is 7.20. The zero-order chi connectivity index (χ0) is 15.4. The number of hydrogen-bond acceptors (Lipinski definition) is 5. The molecule has 0 saturated carbocycles. The van der Waals surface area contributed by atoms with E-state index in [9.17, 15) is 4.79 Å². The monoisotopic (exact) mass is 307 g/mol. The van der Waals surface area contributed by atoms with E-state index in [1.165, 1.54) is 16.9 Å². The minimum absolute atomic E-state index is 0.256. The third-order valence-corrected chi connectivity index (χ3v) is 4.48. The Morgan fingerprint density at radius 3 is 2.81 bits per heavy atom. The molecule has 0 aliphatic carbocycles. The molecule has 5 nitrogen and oxygen atoms in total. The fourth-order valence-corrected chi connectivity index (χ4v) is 3.11. The van der Waals surface area contributed by atoms with E-state index in [1.807, 2.05) is 6.07 Å². The van der Waals surface area contributed by atoms with Gasteiger partial charge in [0, 0.05) is 23.8 Å². The number of hydroxylamine groups is 1. The van der Waals surface area contributed by atoms with Crippen molar-refractivity contribution in [2.24, 2.45) is 0 Å². The summed E-state index contributed by atoms with van der Waals surface area (Å²) in [5, 5.41) is 13.2. The van der Waals surface area contributed by atoms with Gasteiger partial charge in [0.25, 0.3) is 5.91 Å². The molecular formula is C15H21N3O2S. The van der Waals surface area contributed by atoms with Gasteiger partial charge in [-0.15, -0.1) is 11.3 Å². The van der Waals surface area contributed by atoms with Crippen LogP contribution in [0.25, 0.3) is 10.1 Å². The van der Waals surface area contributed by atoms with Crippen molar-refractivity contribution < 1.29 is 10.0 Å². The number of nitrogens with zero attached hydrogens (tertiary/aromatic N) is 1. The minimum atomic E-state index is -0.463. The fourth-order valence-electron chi connectivity index (χ4n) is 2.11. The molecule has 0 spiro atoms. The molecule has 1 unspecified atom stereocenters. The van der Waals surface area contributed by atoms with Crippen LogP contribution in [0.15, 0.2) is 24.3 Å². The number of fused-ring (bicyclic) bond motifs is 1. The number of thiophene rings is 1. The molecule has 1 amide bonds. The van der Waals surface area contributed by atoms with Crippen molar-refractivity contribution in [3.05, 3.63) is 34.7 Å². The first-order valence-electron chi connectivity index (χ1n) is 6.87. The maximum Gasteiger partial charge on any atom is 0.284 e. The summed E-state index contributed by atoms with van der Waals surface area (Å²) < 4.78 is 1.05. The van der Waals surface area contributed by atoms with Crippen molar-refractivity contribution in [3.63, 3.8) is 0 Å². The van der Waals surface area contributed by atoms with Gasteiger partial charge in [0.1, 0.15) is 0 Å². The lowest BCUT2D eigenvalue weighted by molar-refractivity contribution is 0.0711. The standard InChI is InChI=1S/C15H21N3O2S/c1-10(16-6-7-18(2)3)11-4-5-12-9-14(15(19)17-20)21-13(12)8-11/h4-5,8-10,16,20H,6-7H2,1-3H3,(H,17,19). The molecule has 6 heteroatoms. The van der Waals surface area contributed by atoms with Crippen LogP contribution in [0, 0.1) is 0 Å². The van der Waals surface area contributed by atoms with E-state index in [-0.39, 0.29) is 6.04 Å². The average Bonchev–Trinajstić information content (AvgIpc) is 2.88. The molecule has 2 aromatic rings. The second-order valence-electron chi connectivity index (χ2n) is 5.33. The normalized spacial score (nSPS) is 12.8. The van der Waals surface area contributed by atoms with Gasteiger partial charge in [-0.1, -0.05) is 12.1 Å². The van der Waals surface area contributed by atoms with E-state index >= 15 is 0 Å². The molecule has 0 bridgehead atoms. The Morgan fingerprint density at radius 1 is 1.38 bits per heavy atom. The van der Waals surface area contributed by atoms with E-state index in [0.29, 0.717) is 4.88 Å². The summed E-state index contributed by atoms with van der Waals surface area (Å²) in [6.45, 7) is 4.05. The molecule has 1 heterocycles. The van der Waals surface area contributed by atoms with Crippen LogP contribution < -0.4 is 10.8 Å². The summed E-state index contributed by atoms with van der Waals surface area (Å²) in [4.78, 5) is 14.1. The predicted molar refractivity (Wildman–Crippen MR) is 86.0 cm³/mol. The summed E-state index contributed by atoms with van der Waals surface area (Å²) in [7, 11) is 4.11. The molecular weight excluding hydrogens is 286 g/mol. The van der Waals surface area contributed by atoms with Gasteiger partial charge >= 0.3 is 0 Å². The number of nitrogens with one attached hydrogen (secondary N) is 2. The van der Waals surface area contributed by atoms with Gasteiger partial charge in [0.05, 0.1) is 4.88 Å². The second kappa shape index (κ2) is 7.00. The number of amides is 1. The van der Waals surface area contributed by atoms with Crippen molar-refractivity contribution in [2.45, 2.75) is 13.0 Å². The number of hydrogen-bond donors (Lipinski definition) is 3. The number of rotatable bonds is 6. The van der Waals surface area contributed by atoms with Gasteiger partial charge in [0.2, 0.25) is 0 Å². The summed E-state index contributed by atoms with van der Waals surface area (Å²) in [6, 6.07) is 8.23. The zero-order valence-corrected chi connectivity index (χ0v) is 13.3. The van der Waals surface area contributed by atoms with Crippen molar-refractivity contribution in [1.29, 1.82) is 0 Å². The van der Waals surface area contributed by atoms with Crippen LogP contribution >= 0.6 is 11.3 Å².